The van der Waals surface area contributed by atoms with E-state index in [0.717, 1.165) is 16.7 Å². The summed E-state index contributed by atoms with van der Waals surface area (Å²) in [7, 11) is -3.88. The van der Waals surface area contributed by atoms with E-state index in [9.17, 15) is 13.2 Å². The first kappa shape index (κ1) is 21.0. The molecule has 4 aromatic rings. The van der Waals surface area contributed by atoms with Gasteiger partial charge in [-0.15, -0.1) is 0 Å². The molecule has 4 rings (SSSR count). The van der Waals surface area contributed by atoms with Crippen molar-refractivity contribution in [2.24, 2.45) is 0 Å². The highest BCUT2D eigenvalue weighted by Crippen LogP contribution is 2.25. The molecule has 31 heavy (non-hydrogen) atoms. The predicted molar refractivity (Wildman–Crippen MR) is 118 cm³/mol. The topological polar surface area (TPSA) is 85.4 Å². The summed E-state index contributed by atoms with van der Waals surface area (Å²) in [5, 5.41) is 0. The fourth-order valence-electron chi connectivity index (χ4n) is 3.55. The highest BCUT2D eigenvalue weighted by Gasteiger charge is 2.26. The van der Waals surface area contributed by atoms with E-state index in [1.54, 1.807) is 24.5 Å². The Hall–Kier alpha value is -3.23. The highest BCUT2D eigenvalue weighted by molar-refractivity contribution is 7.89. The van der Waals surface area contributed by atoms with Crippen molar-refractivity contribution in [3.8, 4) is 0 Å². The smallest absolute Gasteiger partial charge is 0.408 e. The van der Waals surface area contributed by atoms with Crippen LogP contribution in [0.25, 0.3) is 11.1 Å². The van der Waals surface area contributed by atoms with Crippen LogP contribution in [0.1, 0.15) is 23.6 Å². The summed E-state index contributed by atoms with van der Waals surface area (Å²) in [6.45, 7) is 4.61. The normalized spacial score (nSPS) is 12.0. The highest BCUT2D eigenvalue weighted by atomic mass is 32.2. The second-order valence-corrected chi connectivity index (χ2v) is 9.24. The van der Waals surface area contributed by atoms with Crippen LogP contribution in [-0.2, 0) is 29.7 Å². The molecule has 0 atom stereocenters. The number of nitrogens with zero attached hydrogens (tertiary/aromatic N) is 3. The van der Waals surface area contributed by atoms with Crippen LogP contribution in [0, 0.1) is 6.92 Å². The summed E-state index contributed by atoms with van der Waals surface area (Å²) in [5.41, 5.74) is 3.54. The molecule has 0 aliphatic carbocycles. The van der Waals surface area contributed by atoms with E-state index in [0.29, 0.717) is 12.1 Å². The number of oxazole rings is 1. The summed E-state index contributed by atoms with van der Waals surface area (Å²) in [4.78, 5) is 16.2. The van der Waals surface area contributed by atoms with Crippen molar-refractivity contribution in [3.63, 3.8) is 0 Å². The first-order chi connectivity index (χ1) is 14.9. The van der Waals surface area contributed by atoms with Gasteiger partial charge in [0.2, 0.25) is 10.0 Å². The Balaban J connectivity index is 1.78. The van der Waals surface area contributed by atoms with Gasteiger partial charge >= 0.3 is 5.76 Å². The lowest BCUT2D eigenvalue weighted by atomic mass is 10.1. The van der Waals surface area contributed by atoms with Crippen molar-refractivity contribution < 1.29 is 12.8 Å². The number of pyridine rings is 1. The van der Waals surface area contributed by atoms with E-state index < -0.39 is 15.8 Å². The molecule has 2 aromatic carbocycles. The second-order valence-electron chi connectivity index (χ2n) is 7.30. The fraction of sp³-hybridized carbons (Fsp3) is 0.217. The molecule has 7 nitrogen and oxygen atoms in total. The number of rotatable bonds is 7. The molecule has 8 heteroatoms. The van der Waals surface area contributed by atoms with Crippen LogP contribution in [0.5, 0.6) is 0 Å². The monoisotopic (exact) mass is 437 g/mol. The molecule has 0 spiro atoms. The molecule has 0 bridgehead atoms. The van der Waals surface area contributed by atoms with Gasteiger partial charge in [0.25, 0.3) is 0 Å². The minimum Gasteiger partial charge on any atom is -0.408 e. The Morgan fingerprint density at radius 1 is 1.06 bits per heavy atom. The number of benzene rings is 2. The lowest BCUT2D eigenvalue weighted by Crippen LogP contribution is -2.30. The summed E-state index contributed by atoms with van der Waals surface area (Å²) in [6.07, 6.45) is 3.31. The Bertz CT molecular complexity index is 1370. The van der Waals surface area contributed by atoms with E-state index in [1.807, 2.05) is 44.2 Å². The van der Waals surface area contributed by atoms with Gasteiger partial charge < -0.3 is 4.42 Å². The maximum Gasteiger partial charge on any atom is 0.419 e. The third kappa shape index (κ3) is 4.17. The zero-order valence-corrected chi connectivity index (χ0v) is 18.2. The Morgan fingerprint density at radius 3 is 2.58 bits per heavy atom. The molecule has 0 amide bonds. The van der Waals surface area contributed by atoms with E-state index in [4.69, 9.17) is 4.42 Å². The molecule has 2 heterocycles. The fourth-order valence-corrected chi connectivity index (χ4v) is 4.98. The van der Waals surface area contributed by atoms with Crippen LogP contribution < -0.4 is 5.76 Å². The van der Waals surface area contributed by atoms with E-state index in [1.165, 1.54) is 21.0 Å². The van der Waals surface area contributed by atoms with Gasteiger partial charge in [0.1, 0.15) is 0 Å². The average Bonchev–Trinajstić information content (AvgIpc) is 3.09. The van der Waals surface area contributed by atoms with Gasteiger partial charge in [-0.05, 0) is 48.7 Å². The van der Waals surface area contributed by atoms with Gasteiger partial charge in [-0.2, -0.15) is 4.31 Å². The lowest BCUT2D eigenvalue weighted by molar-refractivity contribution is 0.400. The van der Waals surface area contributed by atoms with Crippen molar-refractivity contribution >= 4 is 21.1 Å². The number of hydrogen-bond acceptors (Lipinski definition) is 5. The molecule has 0 saturated heterocycles. The van der Waals surface area contributed by atoms with Crippen molar-refractivity contribution in [2.45, 2.75) is 38.4 Å². The molecule has 0 aliphatic heterocycles. The van der Waals surface area contributed by atoms with E-state index in [-0.39, 0.29) is 23.6 Å². The molecule has 0 fully saturated rings. The number of hydrogen-bond donors (Lipinski definition) is 0. The molecule has 2 aromatic heterocycles. The average molecular weight is 438 g/mol. The van der Waals surface area contributed by atoms with Crippen molar-refractivity contribution in [2.75, 3.05) is 0 Å². The van der Waals surface area contributed by atoms with Gasteiger partial charge in [0, 0.05) is 38.1 Å². The van der Waals surface area contributed by atoms with Crippen molar-refractivity contribution in [1.82, 2.24) is 13.9 Å². The molecule has 0 radical (unpaired) electrons. The molecule has 0 N–H and O–H groups in total. The van der Waals surface area contributed by atoms with E-state index in [2.05, 4.69) is 4.98 Å². The minimum absolute atomic E-state index is 0.0782. The van der Waals surface area contributed by atoms with Crippen LogP contribution in [-0.4, -0.2) is 22.3 Å². The Kier molecular flexibility index (Phi) is 5.75. The van der Waals surface area contributed by atoms with Crippen LogP contribution in [0.3, 0.4) is 0 Å². The molecular weight excluding hydrogens is 414 g/mol. The largest absolute Gasteiger partial charge is 0.419 e. The number of aromatic nitrogens is 2. The van der Waals surface area contributed by atoms with Gasteiger partial charge in [0.05, 0.1) is 10.4 Å². The van der Waals surface area contributed by atoms with Gasteiger partial charge in [0.15, 0.2) is 5.58 Å². The maximum absolute atomic E-state index is 13.6. The van der Waals surface area contributed by atoms with Gasteiger partial charge in [-0.1, -0.05) is 30.3 Å². The first-order valence-corrected chi connectivity index (χ1v) is 11.4. The zero-order valence-electron chi connectivity index (χ0n) is 17.4. The zero-order chi connectivity index (χ0) is 22.0. The van der Waals surface area contributed by atoms with Crippen LogP contribution >= 0.6 is 0 Å². The summed E-state index contributed by atoms with van der Waals surface area (Å²) in [6, 6.07) is 15.9. The molecule has 160 valence electrons. The third-order valence-corrected chi connectivity index (χ3v) is 7.07. The quantitative estimate of drug-likeness (QED) is 0.440. The third-order valence-electron chi connectivity index (χ3n) is 5.28. The molecule has 0 aliphatic rings. The SMILES string of the molecule is CCn1c(=O)oc2cc(S(=O)(=O)N(Cc3cccnc3)Cc3ccccc3C)ccc21. The first-order valence-electron chi connectivity index (χ1n) is 9.97. The van der Waals surface area contributed by atoms with Gasteiger partial charge in [-0.25, -0.2) is 13.2 Å². The number of fused-ring (bicyclic) bond motifs is 1. The van der Waals surface area contributed by atoms with E-state index >= 15 is 0 Å². The van der Waals surface area contributed by atoms with Crippen molar-refractivity contribution in [3.05, 3.63) is 94.2 Å². The van der Waals surface area contributed by atoms with Crippen LogP contribution in [0.2, 0.25) is 0 Å². The number of sulfonamides is 1. The summed E-state index contributed by atoms with van der Waals surface area (Å²) in [5.74, 6) is -0.501. The second kappa shape index (κ2) is 8.49. The van der Waals surface area contributed by atoms with Crippen LogP contribution in [0.4, 0.5) is 0 Å². The summed E-state index contributed by atoms with van der Waals surface area (Å²) < 4.78 is 35.4. The maximum atomic E-state index is 13.6. The molecular formula is C23H23N3O4S. The standard InChI is InChI=1S/C23H23N3O4S/c1-3-26-21-11-10-20(13-22(21)30-23(26)27)31(28,29)25(15-18-8-6-12-24-14-18)16-19-9-5-4-7-17(19)2/h4-14H,3,15-16H2,1-2H3. The lowest BCUT2D eigenvalue weighted by Gasteiger charge is -2.23. The predicted octanol–water partition coefficient (Wildman–Crippen LogP) is 3.71. The summed E-state index contributed by atoms with van der Waals surface area (Å²) >= 11 is 0. The Labute approximate surface area is 180 Å². The number of aryl methyl sites for hydroxylation is 2. The minimum atomic E-state index is -3.88. The Morgan fingerprint density at radius 2 is 1.87 bits per heavy atom. The van der Waals surface area contributed by atoms with Crippen LogP contribution in [0.15, 0.2) is 81.1 Å². The molecule has 0 unspecified atom stereocenters. The van der Waals surface area contributed by atoms with Crippen molar-refractivity contribution in [1.29, 1.82) is 0 Å². The van der Waals surface area contributed by atoms with Gasteiger partial charge in [-0.3, -0.25) is 9.55 Å². The molecule has 0 saturated carbocycles.